The lowest BCUT2D eigenvalue weighted by Crippen LogP contribution is -2.28. The molecule has 0 spiro atoms. The normalized spacial score (nSPS) is 18.1. The number of fused-ring (bicyclic) bond motifs is 4. The first-order chi connectivity index (χ1) is 12.2. The van der Waals surface area contributed by atoms with Crippen LogP contribution >= 0.6 is 0 Å². The molecule has 3 aromatic rings. The summed E-state index contributed by atoms with van der Waals surface area (Å²) >= 11 is 0. The van der Waals surface area contributed by atoms with Crippen LogP contribution in [0.25, 0.3) is 17.2 Å². The van der Waals surface area contributed by atoms with Crippen molar-refractivity contribution < 1.29 is 0 Å². The average Bonchev–Trinajstić information content (AvgIpc) is 3.22. The van der Waals surface area contributed by atoms with Crippen molar-refractivity contribution >= 4 is 6.08 Å². The lowest BCUT2D eigenvalue weighted by molar-refractivity contribution is 0.287. The minimum atomic E-state index is 0.103. The molecule has 0 bridgehead atoms. The van der Waals surface area contributed by atoms with Crippen LogP contribution in [0.2, 0.25) is 0 Å². The summed E-state index contributed by atoms with van der Waals surface area (Å²) in [7, 11) is 0. The molecule has 1 unspecified atom stereocenters. The number of benzene rings is 3. The second kappa shape index (κ2) is 5.20. The van der Waals surface area contributed by atoms with E-state index >= 15 is 0 Å². The fraction of sp³-hybridized carbons (Fsp3) is 0.200. The molecule has 0 N–H and O–H groups in total. The molecular formula is C25H22. The Kier molecular flexibility index (Phi) is 3.06. The second-order valence-corrected chi connectivity index (χ2v) is 7.89. The van der Waals surface area contributed by atoms with Crippen LogP contribution in [-0.2, 0) is 0 Å². The van der Waals surface area contributed by atoms with Gasteiger partial charge in [0.25, 0.3) is 0 Å². The summed E-state index contributed by atoms with van der Waals surface area (Å²) < 4.78 is 0. The lowest BCUT2D eigenvalue weighted by atomic mass is 9.64. The first-order valence-corrected chi connectivity index (χ1v) is 9.13. The maximum absolute atomic E-state index is 2.44. The summed E-state index contributed by atoms with van der Waals surface area (Å²) in [5.41, 5.74) is 8.72. The van der Waals surface area contributed by atoms with Gasteiger partial charge in [-0.25, -0.2) is 0 Å². The Morgan fingerprint density at radius 2 is 1.16 bits per heavy atom. The molecule has 0 saturated heterocycles. The van der Waals surface area contributed by atoms with Crippen LogP contribution in [0.5, 0.6) is 0 Å². The van der Waals surface area contributed by atoms with E-state index < -0.39 is 0 Å². The molecule has 0 amide bonds. The van der Waals surface area contributed by atoms with Gasteiger partial charge < -0.3 is 0 Å². The third-order valence-corrected chi connectivity index (χ3v) is 6.18. The van der Waals surface area contributed by atoms with Crippen molar-refractivity contribution in [2.24, 2.45) is 5.41 Å². The molecule has 3 aromatic carbocycles. The molecule has 0 radical (unpaired) electrons. The number of rotatable bonds is 2. The van der Waals surface area contributed by atoms with Gasteiger partial charge in [-0.15, -0.1) is 0 Å². The van der Waals surface area contributed by atoms with Crippen molar-refractivity contribution in [3.63, 3.8) is 0 Å². The predicted molar refractivity (Wildman–Crippen MR) is 106 cm³/mol. The third kappa shape index (κ3) is 2.00. The van der Waals surface area contributed by atoms with Gasteiger partial charge in [0.2, 0.25) is 0 Å². The first-order valence-electron chi connectivity index (χ1n) is 9.13. The minimum absolute atomic E-state index is 0.103. The van der Waals surface area contributed by atoms with Gasteiger partial charge in [-0.1, -0.05) is 98.8 Å². The Morgan fingerprint density at radius 1 is 0.640 bits per heavy atom. The van der Waals surface area contributed by atoms with Gasteiger partial charge in [-0.3, -0.25) is 0 Å². The van der Waals surface area contributed by atoms with Gasteiger partial charge in [0.05, 0.1) is 0 Å². The molecule has 1 atom stereocenters. The van der Waals surface area contributed by atoms with Crippen LogP contribution in [0.4, 0.5) is 0 Å². The smallest absolute Gasteiger partial charge is 0.0162 e. The van der Waals surface area contributed by atoms with Gasteiger partial charge in [0, 0.05) is 11.8 Å². The third-order valence-electron chi connectivity index (χ3n) is 6.18. The van der Waals surface area contributed by atoms with Crippen LogP contribution in [-0.4, -0.2) is 0 Å². The average molecular weight is 322 g/mol. The molecule has 0 aromatic heterocycles. The molecule has 5 rings (SSSR count). The van der Waals surface area contributed by atoms with Gasteiger partial charge >= 0.3 is 0 Å². The van der Waals surface area contributed by atoms with Crippen molar-refractivity contribution in [1.29, 1.82) is 0 Å². The van der Waals surface area contributed by atoms with Crippen molar-refractivity contribution in [2.75, 3.05) is 0 Å². The van der Waals surface area contributed by atoms with E-state index in [2.05, 4.69) is 98.8 Å². The van der Waals surface area contributed by atoms with Crippen molar-refractivity contribution in [3.05, 3.63) is 101 Å². The van der Waals surface area contributed by atoms with E-state index in [1.807, 2.05) is 0 Å². The summed E-state index contributed by atoms with van der Waals surface area (Å²) in [6, 6.07) is 26.8. The number of allylic oxidation sites excluding steroid dienone is 1. The van der Waals surface area contributed by atoms with Gasteiger partial charge in [-0.05, 0) is 38.8 Å². The molecule has 2 aliphatic carbocycles. The summed E-state index contributed by atoms with van der Waals surface area (Å²) in [5.74, 6) is 0.855. The molecule has 0 heterocycles. The zero-order valence-corrected chi connectivity index (χ0v) is 14.7. The monoisotopic (exact) mass is 322 g/mol. The molecular weight excluding hydrogens is 300 g/mol. The Morgan fingerprint density at radius 3 is 1.80 bits per heavy atom. The Balaban J connectivity index is 1.70. The summed E-state index contributed by atoms with van der Waals surface area (Å²) in [4.78, 5) is 0. The molecule has 0 fully saturated rings. The van der Waals surface area contributed by atoms with E-state index in [1.54, 1.807) is 0 Å². The quantitative estimate of drug-likeness (QED) is 0.496. The molecule has 0 heteroatoms. The molecule has 0 saturated carbocycles. The van der Waals surface area contributed by atoms with Crippen molar-refractivity contribution in [2.45, 2.75) is 25.7 Å². The summed E-state index contributed by atoms with van der Waals surface area (Å²) in [5, 5.41) is 0. The van der Waals surface area contributed by atoms with Crippen LogP contribution in [0.15, 0.2) is 78.9 Å². The molecule has 0 aliphatic heterocycles. The SMILES string of the molecule is CC(C)(C1C=Cc2ccccc21)C1c2ccccc2-c2ccccc21. The zero-order valence-electron chi connectivity index (χ0n) is 14.7. The van der Waals surface area contributed by atoms with Gasteiger partial charge in [0.15, 0.2) is 0 Å². The Hall–Kier alpha value is -2.60. The fourth-order valence-corrected chi connectivity index (χ4v) is 5.03. The van der Waals surface area contributed by atoms with Crippen LogP contribution in [0.3, 0.4) is 0 Å². The largest absolute Gasteiger partial charge is 0.0758 e. The Bertz CT molecular complexity index is 945. The fourth-order valence-electron chi connectivity index (χ4n) is 5.03. The van der Waals surface area contributed by atoms with E-state index in [0.29, 0.717) is 11.8 Å². The highest BCUT2D eigenvalue weighted by Gasteiger charge is 2.44. The number of hydrogen-bond acceptors (Lipinski definition) is 0. The predicted octanol–water partition coefficient (Wildman–Crippen LogP) is 6.64. The Labute approximate surface area is 149 Å². The molecule has 0 nitrogen and oxygen atoms in total. The van der Waals surface area contributed by atoms with Crippen molar-refractivity contribution in [3.8, 4) is 11.1 Å². The summed E-state index contributed by atoms with van der Waals surface area (Å²) in [6.45, 7) is 4.88. The van der Waals surface area contributed by atoms with Gasteiger partial charge in [0.1, 0.15) is 0 Å². The van der Waals surface area contributed by atoms with Crippen LogP contribution < -0.4 is 0 Å². The zero-order chi connectivity index (χ0) is 17.0. The first kappa shape index (κ1) is 14.7. The maximum Gasteiger partial charge on any atom is 0.0162 e. The summed E-state index contributed by atoms with van der Waals surface area (Å²) in [6.07, 6.45) is 4.71. The molecule has 2 aliphatic rings. The van der Waals surface area contributed by atoms with E-state index in [4.69, 9.17) is 0 Å². The topological polar surface area (TPSA) is 0 Å². The van der Waals surface area contributed by atoms with Gasteiger partial charge in [-0.2, -0.15) is 0 Å². The van der Waals surface area contributed by atoms with Crippen molar-refractivity contribution in [1.82, 2.24) is 0 Å². The van der Waals surface area contributed by atoms with E-state index in [0.717, 1.165) is 0 Å². The molecule has 122 valence electrons. The van der Waals surface area contributed by atoms with E-state index in [-0.39, 0.29) is 5.41 Å². The number of hydrogen-bond donors (Lipinski definition) is 0. The van der Waals surface area contributed by atoms with Crippen LogP contribution in [0.1, 0.15) is 47.9 Å². The molecule has 25 heavy (non-hydrogen) atoms. The highest BCUT2D eigenvalue weighted by Crippen LogP contribution is 2.58. The van der Waals surface area contributed by atoms with Crippen LogP contribution in [0, 0.1) is 5.41 Å². The minimum Gasteiger partial charge on any atom is -0.0758 e. The van der Waals surface area contributed by atoms with E-state index in [9.17, 15) is 0 Å². The van der Waals surface area contributed by atoms with E-state index in [1.165, 1.54) is 33.4 Å². The standard InChI is InChI=1S/C25H22/c1-25(2,23-16-15-17-9-3-4-10-18(17)23)24-21-13-7-5-11-19(21)20-12-6-8-14-22(20)24/h3-16,23-24H,1-2H3. The highest BCUT2D eigenvalue weighted by molar-refractivity contribution is 5.79. The highest BCUT2D eigenvalue weighted by atomic mass is 14.5. The second-order valence-electron chi connectivity index (χ2n) is 7.89. The lowest BCUT2D eigenvalue weighted by Gasteiger charge is -2.38. The maximum atomic E-state index is 2.44.